The number of ether oxygens (including phenoxy) is 1. The van der Waals surface area contributed by atoms with E-state index in [1.54, 1.807) is 30.0 Å². The average molecular weight is 627 g/mol. The highest BCUT2D eigenvalue weighted by Crippen LogP contribution is 2.51. The Kier molecular flexibility index (Phi) is 10.3. The number of aromatic nitrogens is 1. The molecule has 1 N–H and O–H groups in total. The minimum absolute atomic E-state index is 0.0269. The topological polar surface area (TPSA) is 62.7 Å². The quantitative estimate of drug-likeness (QED) is 0.250. The molecule has 1 saturated carbocycles. The van der Waals surface area contributed by atoms with Crippen LogP contribution in [0.4, 0.5) is 33.3 Å². The number of pyridine rings is 1. The number of carbonyl (C=O) groups is 1. The highest BCUT2D eigenvalue weighted by molar-refractivity contribution is 8.00. The lowest BCUT2D eigenvalue weighted by atomic mass is 9.94. The molecule has 1 fully saturated rings. The van der Waals surface area contributed by atoms with E-state index in [0.29, 0.717) is 22.8 Å². The Morgan fingerprint density at radius 3 is 2.60 bits per heavy atom. The second-order valence-electron chi connectivity index (χ2n) is 10.1. The van der Waals surface area contributed by atoms with Crippen molar-refractivity contribution >= 4 is 40.9 Å². The second-order valence-corrected chi connectivity index (χ2v) is 12.6. The molecule has 226 valence electrons. The summed E-state index contributed by atoms with van der Waals surface area (Å²) >= 11 is 2.99. The number of carboxylic acid groups (broad SMARTS) is 1. The molecule has 5 nitrogen and oxygen atoms in total. The summed E-state index contributed by atoms with van der Waals surface area (Å²) in [4.78, 5) is 19.1. The van der Waals surface area contributed by atoms with Crippen LogP contribution >= 0.6 is 23.5 Å². The average Bonchev–Trinajstić information content (AvgIpc) is 3.13. The second kappa shape index (κ2) is 13.5. The van der Waals surface area contributed by atoms with Gasteiger partial charge in [0.15, 0.2) is 5.69 Å². The lowest BCUT2D eigenvalue weighted by Crippen LogP contribution is -2.37. The van der Waals surface area contributed by atoms with E-state index in [-0.39, 0.29) is 42.6 Å². The van der Waals surface area contributed by atoms with Crippen LogP contribution < -0.4 is 9.64 Å². The van der Waals surface area contributed by atoms with Crippen molar-refractivity contribution in [3.63, 3.8) is 0 Å². The van der Waals surface area contributed by atoms with Crippen molar-refractivity contribution < 1.29 is 36.6 Å². The summed E-state index contributed by atoms with van der Waals surface area (Å²) in [6, 6.07) is 13.5. The van der Waals surface area contributed by atoms with Crippen LogP contribution in [0.5, 0.6) is 5.75 Å². The Labute approximate surface area is 249 Å². The smallest absolute Gasteiger partial charge is 0.354 e. The van der Waals surface area contributed by atoms with E-state index >= 15 is 0 Å². The first-order valence-corrected chi connectivity index (χ1v) is 15.3. The number of benzene rings is 2. The van der Waals surface area contributed by atoms with Crippen LogP contribution in [0, 0.1) is 5.82 Å². The molecule has 2 heterocycles. The molecule has 0 spiro atoms. The van der Waals surface area contributed by atoms with Crippen molar-refractivity contribution in [3.05, 3.63) is 71.8 Å². The van der Waals surface area contributed by atoms with Crippen LogP contribution in [0.15, 0.2) is 64.5 Å². The van der Waals surface area contributed by atoms with E-state index in [1.165, 1.54) is 37.0 Å². The fourth-order valence-corrected chi connectivity index (χ4v) is 6.70. The molecule has 2 aromatic carbocycles. The molecule has 0 saturated heterocycles. The first kappa shape index (κ1) is 31.9. The Balaban J connectivity index is 0.000000612. The van der Waals surface area contributed by atoms with Crippen LogP contribution in [-0.4, -0.2) is 45.5 Å². The van der Waals surface area contributed by atoms with Gasteiger partial charge >= 0.3 is 5.97 Å². The van der Waals surface area contributed by atoms with Gasteiger partial charge in [0.25, 0.3) is 0 Å². The summed E-state index contributed by atoms with van der Waals surface area (Å²) in [5, 5.41) is 9.19. The van der Waals surface area contributed by atoms with Gasteiger partial charge in [-0.25, -0.2) is 31.7 Å². The van der Waals surface area contributed by atoms with Crippen molar-refractivity contribution in [3.8, 4) is 5.75 Å². The SMILES string of the molecule is CCC(C)(F)F.O=C(O)c1ncccc1COc1cc2c(cc1SC1CC(F)(F)C1)N(c1cccc(F)c1)CCCS2. The minimum Gasteiger partial charge on any atom is -0.488 e. The summed E-state index contributed by atoms with van der Waals surface area (Å²) in [7, 11) is 0. The number of aromatic carboxylic acids is 1. The molecule has 5 rings (SSSR count). The molecule has 3 aromatic rings. The van der Waals surface area contributed by atoms with Crippen molar-refractivity contribution in [2.24, 2.45) is 0 Å². The number of thioether (sulfide) groups is 2. The van der Waals surface area contributed by atoms with Gasteiger partial charge in [-0.15, -0.1) is 23.5 Å². The van der Waals surface area contributed by atoms with Crippen molar-refractivity contribution in [1.82, 2.24) is 4.98 Å². The molecular weight excluding hydrogens is 595 g/mol. The number of carboxylic acids is 1. The van der Waals surface area contributed by atoms with Crippen molar-refractivity contribution in [2.45, 2.75) is 73.0 Å². The lowest BCUT2D eigenvalue weighted by molar-refractivity contribution is -0.0667. The highest BCUT2D eigenvalue weighted by atomic mass is 32.2. The van der Waals surface area contributed by atoms with E-state index in [4.69, 9.17) is 4.74 Å². The Morgan fingerprint density at radius 2 is 1.95 bits per heavy atom. The molecule has 1 aliphatic carbocycles. The summed E-state index contributed by atoms with van der Waals surface area (Å²) in [6.45, 7) is 3.03. The van der Waals surface area contributed by atoms with Crippen molar-refractivity contribution in [2.75, 3.05) is 17.2 Å². The van der Waals surface area contributed by atoms with Gasteiger partial charge in [0.1, 0.15) is 18.2 Å². The van der Waals surface area contributed by atoms with Gasteiger partial charge in [0.2, 0.25) is 11.8 Å². The number of rotatable bonds is 8. The lowest BCUT2D eigenvalue weighted by Gasteiger charge is -2.35. The predicted molar refractivity (Wildman–Crippen MR) is 155 cm³/mol. The first-order valence-electron chi connectivity index (χ1n) is 13.4. The number of nitrogens with zero attached hydrogens (tertiary/aromatic N) is 2. The van der Waals surface area contributed by atoms with Gasteiger partial charge in [-0.1, -0.05) is 19.1 Å². The van der Waals surface area contributed by atoms with E-state index < -0.39 is 17.8 Å². The summed E-state index contributed by atoms with van der Waals surface area (Å²) in [6.07, 6.45) is 1.81. The molecular formula is C30H31F5N2O3S2. The van der Waals surface area contributed by atoms with Gasteiger partial charge in [-0.2, -0.15) is 0 Å². The van der Waals surface area contributed by atoms with Crippen LogP contribution in [0.3, 0.4) is 0 Å². The van der Waals surface area contributed by atoms with Gasteiger partial charge in [0.05, 0.1) is 10.6 Å². The number of hydrogen-bond donors (Lipinski definition) is 1. The highest BCUT2D eigenvalue weighted by Gasteiger charge is 2.46. The van der Waals surface area contributed by atoms with Gasteiger partial charge < -0.3 is 14.7 Å². The third-order valence-electron chi connectivity index (χ3n) is 6.66. The summed E-state index contributed by atoms with van der Waals surface area (Å²) in [5.74, 6) is -5.24. The zero-order chi connectivity index (χ0) is 30.5. The van der Waals surface area contributed by atoms with Gasteiger partial charge in [-0.05, 0) is 55.5 Å². The van der Waals surface area contributed by atoms with Crippen LogP contribution in [-0.2, 0) is 6.61 Å². The zero-order valence-corrected chi connectivity index (χ0v) is 24.7. The molecule has 12 heteroatoms. The maximum Gasteiger partial charge on any atom is 0.354 e. The molecule has 0 radical (unpaired) electrons. The third-order valence-corrected chi connectivity index (χ3v) is 9.03. The molecule has 0 unspecified atom stereocenters. The van der Waals surface area contributed by atoms with Crippen molar-refractivity contribution in [1.29, 1.82) is 0 Å². The fourth-order valence-electron chi connectivity index (χ4n) is 4.27. The minimum atomic E-state index is -2.65. The molecule has 0 bridgehead atoms. The summed E-state index contributed by atoms with van der Waals surface area (Å²) in [5.41, 5.74) is 1.92. The fraction of sp³-hybridized carbons (Fsp3) is 0.400. The van der Waals surface area contributed by atoms with Crippen LogP contribution in [0.2, 0.25) is 0 Å². The molecule has 2 aliphatic rings. The number of hydrogen-bond acceptors (Lipinski definition) is 6. The number of fused-ring (bicyclic) bond motifs is 1. The number of alkyl halides is 4. The largest absolute Gasteiger partial charge is 0.488 e. The Hall–Kier alpha value is -2.99. The van der Waals surface area contributed by atoms with Gasteiger partial charge in [0, 0.05) is 53.4 Å². The zero-order valence-electron chi connectivity index (χ0n) is 23.1. The monoisotopic (exact) mass is 626 g/mol. The van der Waals surface area contributed by atoms with E-state index in [1.807, 2.05) is 23.1 Å². The number of halogens is 5. The molecule has 1 aromatic heterocycles. The van der Waals surface area contributed by atoms with Gasteiger partial charge in [-0.3, -0.25) is 0 Å². The molecule has 42 heavy (non-hydrogen) atoms. The van der Waals surface area contributed by atoms with Crippen LogP contribution in [0.25, 0.3) is 0 Å². The summed E-state index contributed by atoms with van der Waals surface area (Å²) < 4.78 is 70.2. The first-order chi connectivity index (χ1) is 19.8. The third kappa shape index (κ3) is 8.53. The molecule has 1 aliphatic heterocycles. The standard InChI is InChI=1S/C26H23F3N2O3S2.C4H8F2/c27-17-5-1-6-18(10-17)31-8-3-9-35-22-12-21(34-15-16-4-2-7-30-24(16)25(32)33)23(11-20(22)31)36-19-13-26(28,29)14-19;1-3-4(2,5)6/h1-2,4-7,10-12,19H,3,8-9,13-15H2,(H,32,33);3H2,1-2H3. The predicted octanol–water partition coefficient (Wildman–Crippen LogP) is 9.07. The molecule has 0 atom stereocenters. The maximum absolute atomic E-state index is 14.0. The van der Waals surface area contributed by atoms with Crippen LogP contribution in [0.1, 0.15) is 55.6 Å². The number of anilines is 2. The Bertz CT molecular complexity index is 1400. The van der Waals surface area contributed by atoms with E-state index in [2.05, 4.69) is 4.98 Å². The maximum atomic E-state index is 14.0. The Morgan fingerprint density at radius 1 is 1.21 bits per heavy atom. The van der Waals surface area contributed by atoms with E-state index in [0.717, 1.165) is 35.4 Å². The van der Waals surface area contributed by atoms with E-state index in [9.17, 15) is 31.9 Å². The normalized spacial score (nSPS) is 16.4. The molecule has 0 amide bonds.